The maximum absolute atomic E-state index is 4.42. The van der Waals surface area contributed by atoms with E-state index in [0.29, 0.717) is 0 Å². The van der Waals surface area contributed by atoms with Crippen LogP contribution in [0.5, 0.6) is 0 Å². The van der Waals surface area contributed by atoms with Crippen molar-refractivity contribution in [2.24, 2.45) is 0 Å². The first-order chi connectivity index (χ1) is 7.25. The topological polar surface area (TPSA) is 38.7 Å². The zero-order chi connectivity index (χ0) is 10.7. The highest BCUT2D eigenvalue weighted by Gasteiger charge is 2.02. The molecule has 0 N–H and O–H groups in total. The Morgan fingerprint density at radius 1 is 1.20 bits per heavy atom. The zero-order valence-corrected chi connectivity index (χ0v) is 10.4. The number of aryl methyl sites for hydroxylation is 1. The third-order valence-electron chi connectivity index (χ3n) is 1.74. The predicted molar refractivity (Wildman–Crippen MR) is 62.8 cm³/mol. The molecule has 0 amide bonds. The molecule has 0 unspecified atom stereocenters. The normalized spacial score (nSPS) is 10.3. The summed E-state index contributed by atoms with van der Waals surface area (Å²) in [7, 11) is 0. The first kappa shape index (κ1) is 10.6. The molecule has 0 saturated carbocycles. The molecule has 0 saturated heterocycles. The van der Waals surface area contributed by atoms with E-state index in [-0.39, 0.29) is 0 Å². The van der Waals surface area contributed by atoms with Gasteiger partial charge in [-0.25, -0.2) is 9.97 Å². The molecule has 0 fully saturated rings. The Bertz CT molecular complexity index is 461. The van der Waals surface area contributed by atoms with Crippen LogP contribution in [0.3, 0.4) is 0 Å². The van der Waals surface area contributed by atoms with Crippen LogP contribution in [0.1, 0.15) is 5.69 Å². The summed E-state index contributed by atoms with van der Waals surface area (Å²) in [5, 5.41) is 1.78. The van der Waals surface area contributed by atoms with Gasteiger partial charge in [0.05, 0.1) is 11.9 Å². The quantitative estimate of drug-likeness (QED) is 0.848. The summed E-state index contributed by atoms with van der Waals surface area (Å²) in [6, 6.07) is 3.94. The van der Waals surface area contributed by atoms with Crippen LogP contribution in [0.15, 0.2) is 45.2 Å². The number of rotatable bonds is 2. The number of pyridine rings is 1. The molecule has 15 heavy (non-hydrogen) atoms. The minimum absolute atomic E-state index is 0.853. The van der Waals surface area contributed by atoms with Gasteiger partial charge in [-0.1, -0.05) is 0 Å². The minimum atomic E-state index is 0.853. The molecule has 76 valence electrons. The van der Waals surface area contributed by atoms with Crippen molar-refractivity contribution < 1.29 is 0 Å². The monoisotopic (exact) mass is 281 g/mol. The summed E-state index contributed by atoms with van der Waals surface area (Å²) in [4.78, 5) is 12.6. The molecule has 0 bridgehead atoms. The molecule has 2 aromatic rings. The average molecular weight is 282 g/mol. The first-order valence-electron chi connectivity index (χ1n) is 4.33. The molecular weight excluding hydrogens is 274 g/mol. The Kier molecular flexibility index (Phi) is 3.33. The molecule has 5 heteroatoms. The second kappa shape index (κ2) is 4.72. The molecule has 0 radical (unpaired) electrons. The van der Waals surface area contributed by atoms with E-state index < -0.39 is 0 Å². The van der Waals surface area contributed by atoms with Gasteiger partial charge in [-0.15, -0.1) is 0 Å². The standard InChI is InChI=1S/C10H8BrN3S/c1-7-8(11)2-3-9(14-7)15-10-6-12-4-5-13-10/h2-6H,1H3. The lowest BCUT2D eigenvalue weighted by atomic mass is 10.4. The van der Waals surface area contributed by atoms with Crippen molar-refractivity contribution in [1.82, 2.24) is 15.0 Å². The number of aromatic nitrogens is 3. The van der Waals surface area contributed by atoms with Gasteiger partial charge in [0, 0.05) is 16.9 Å². The van der Waals surface area contributed by atoms with Crippen molar-refractivity contribution in [2.75, 3.05) is 0 Å². The summed E-state index contributed by atoms with van der Waals surface area (Å²) >= 11 is 4.92. The lowest BCUT2D eigenvalue weighted by molar-refractivity contribution is 1.02. The van der Waals surface area contributed by atoms with Crippen molar-refractivity contribution in [3.8, 4) is 0 Å². The van der Waals surface area contributed by atoms with Gasteiger partial charge >= 0.3 is 0 Å². The van der Waals surface area contributed by atoms with E-state index in [1.54, 1.807) is 18.6 Å². The van der Waals surface area contributed by atoms with Gasteiger partial charge in [-0.3, -0.25) is 4.98 Å². The molecule has 0 aliphatic carbocycles. The minimum Gasteiger partial charge on any atom is -0.260 e. The Morgan fingerprint density at radius 2 is 2.07 bits per heavy atom. The van der Waals surface area contributed by atoms with Crippen LogP contribution in [0, 0.1) is 6.92 Å². The van der Waals surface area contributed by atoms with Gasteiger partial charge < -0.3 is 0 Å². The number of hydrogen-bond donors (Lipinski definition) is 0. The molecule has 0 aliphatic heterocycles. The Balaban J connectivity index is 2.22. The summed E-state index contributed by atoms with van der Waals surface area (Å²) in [6.07, 6.45) is 5.06. The van der Waals surface area contributed by atoms with Gasteiger partial charge in [0.25, 0.3) is 0 Å². The van der Waals surface area contributed by atoms with Crippen LogP contribution in [0.4, 0.5) is 0 Å². The van der Waals surface area contributed by atoms with Crippen LogP contribution in [-0.2, 0) is 0 Å². The average Bonchev–Trinajstić information content (AvgIpc) is 2.25. The number of nitrogens with zero attached hydrogens (tertiary/aromatic N) is 3. The van der Waals surface area contributed by atoms with E-state index in [2.05, 4.69) is 30.9 Å². The van der Waals surface area contributed by atoms with E-state index >= 15 is 0 Å². The zero-order valence-electron chi connectivity index (χ0n) is 8.01. The summed E-state index contributed by atoms with van der Waals surface area (Å²) in [5.41, 5.74) is 0.976. The van der Waals surface area contributed by atoms with Gasteiger partial charge in [-0.05, 0) is 46.7 Å². The molecule has 2 aromatic heterocycles. The summed E-state index contributed by atoms with van der Waals surface area (Å²) < 4.78 is 1.02. The first-order valence-corrected chi connectivity index (χ1v) is 5.93. The highest BCUT2D eigenvalue weighted by molar-refractivity contribution is 9.10. The van der Waals surface area contributed by atoms with Crippen LogP contribution in [0.25, 0.3) is 0 Å². The highest BCUT2D eigenvalue weighted by Crippen LogP contribution is 2.25. The largest absolute Gasteiger partial charge is 0.260 e. The van der Waals surface area contributed by atoms with Crippen LogP contribution in [0.2, 0.25) is 0 Å². The Hall–Kier alpha value is -0.940. The molecule has 0 aromatic carbocycles. The third kappa shape index (κ3) is 2.76. The van der Waals surface area contributed by atoms with Crippen molar-refractivity contribution in [3.63, 3.8) is 0 Å². The second-order valence-corrected chi connectivity index (χ2v) is 4.76. The predicted octanol–water partition coefficient (Wildman–Crippen LogP) is 3.09. The smallest absolute Gasteiger partial charge is 0.121 e. The van der Waals surface area contributed by atoms with E-state index in [1.807, 2.05) is 19.1 Å². The van der Waals surface area contributed by atoms with Gasteiger partial charge in [0.1, 0.15) is 10.1 Å². The summed E-state index contributed by atoms with van der Waals surface area (Å²) in [6.45, 7) is 1.96. The van der Waals surface area contributed by atoms with E-state index in [4.69, 9.17) is 0 Å². The van der Waals surface area contributed by atoms with Gasteiger partial charge in [0.2, 0.25) is 0 Å². The second-order valence-electron chi connectivity index (χ2n) is 2.86. The Morgan fingerprint density at radius 3 is 2.73 bits per heavy atom. The molecule has 2 rings (SSSR count). The lowest BCUT2D eigenvalue weighted by Gasteiger charge is -2.01. The van der Waals surface area contributed by atoms with E-state index in [0.717, 1.165) is 20.2 Å². The van der Waals surface area contributed by atoms with E-state index in [9.17, 15) is 0 Å². The highest BCUT2D eigenvalue weighted by atomic mass is 79.9. The maximum atomic E-state index is 4.42. The van der Waals surface area contributed by atoms with Crippen molar-refractivity contribution >= 4 is 27.7 Å². The third-order valence-corrected chi connectivity index (χ3v) is 3.44. The fraction of sp³-hybridized carbons (Fsp3) is 0.100. The van der Waals surface area contributed by atoms with Crippen molar-refractivity contribution in [2.45, 2.75) is 17.0 Å². The van der Waals surface area contributed by atoms with Crippen molar-refractivity contribution in [3.05, 3.63) is 40.9 Å². The molecule has 0 aliphatic rings. The van der Waals surface area contributed by atoms with Crippen LogP contribution < -0.4 is 0 Å². The maximum Gasteiger partial charge on any atom is 0.121 e. The van der Waals surface area contributed by atoms with Crippen LogP contribution in [-0.4, -0.2) is 15.0 Å². The van der Waals surface area contributed by atoms with E-state index in [1.165, 1.54) is 11.8 Å². The molecule has 3 nitrogen and oxygen atoms in total. The van der Waals surface area contributed by atoms with Gasteiger partial charge in [-0.2, -0.15) is 0 Å². The molecule has 2 heterocycles. The number of hydrogen-bond acceptors (Lipinski definition) is 4. The fourth-order valence-electron chi connectivity index (χ4n) is 1.02. The molecule has 0 atom stereocenters. The lowest BCUT2D eigenvalue weighted by Crippen LogP contribution is -1.87. The summed E-state index contributed by atoms with van der Waals surface area (Å²) in [5.74, 6) is 0. The Labute approximate surface area is 101 Å². The molecular formula is C10H8BrN3S. The SMILES string of the molecule is Cc1nc(Sc2cnccn2)ccc1Br. The fourth-order valence-corrected chi connectivity index (χ4v) is 2.00. The van der Waals surface area contributed by atoms with Crippen LogP contribution >= 0.6 is 27.7 Å². The van der Waals surface area contributed by atoms with Gasteiger partial charge in [0.15, 0.2) is 0 Å². The number of halogens is 1. The van der Waals surface area contributed by atoms with Crippen molar-refractivity contribution in [1.29, 1.82) is 0 Å². The molecule has 0 spiro atoms.